The average Bonchev–Trinajstić information content (AvgIpc) is 2.61. The fourth-order valence-electron chi connectivity index (χ4n) is 3.44. The van der Waals surface area contributed by atoms with Crippen LogP contribution >= 0.6 is 23.2 Å². The number of nitrogens with zero attached hydrogens (tertiary/aromatic N) is 1. The number of benzene rings is 2. The highest BCUT2D eigenvalue weighted by Gasteiger charge is 2.25. The van der Waals surface area contributed by atoms with E-state index < -0.39 is 0 Å². The van der Waals surface area contributed by atoms with Crippen LogP contribution in [-0.4, -0.2) is 23.9 Å². The number of hydrogen-bond acceptors (Lipinski definition) is 2. The second kappa shape index (κ2) is 8.43. The van der Waals surface area contributed by atoms with E-state index in [-0.39, 0.29) is 11.8 Å². The van der Waals surface area contributed by atoms with E-state index in [9.17, 15) is 4.79 Å². The largest absolute Gasteiger partial charge is 0.326 e. The van der Waals surface area contributed by atoms with Gasteiger partial charge in [0.25, 0.3) is 0 Å². The van der Waals surface area contributed by atoms with E-state index in [4.69, 9.17) is 23.2 Å². The minimum Gasteiger partial charge on any atom is -0.326 e. The molecule has 3 nitrogen and oxygen atoms in total. The summed E-state index contributed by atoms with van der Waals surface area (Å²) < 4.78 is 0. The molecule has 26 heavy (non-hydrogen) atoms. The molecular formula is C21H24Cl2N2O. The Morgan fingerprint density at radius 2 is 1.81 bits per heavy atom. The number of amides is 1. The molecule has 3 rings (SSSR count). The molecule has 1 heterocycles. The molecule has 5 heteroatoms. The van der Waals surface area contributed by atoms with Crippen LogP contribution in [0.3, 0.4) is 0 Å². The molecule has 0 bridgehead atoms. The first kappa shape index (κ1) is 19.2. The van der Waals surface area contributed by atoms with Gasteiger partial charge in [0.1, 0.15) is 0 Å². The Balaban J connectivity index is 1.52. The fraction of sp³-hybridized carbons (Fsp3) is 0.381. The SMILES string of the molecule is Cc1ccc(NC(=O)C2CCN(Cc3ccc(Cl)c(Cl)c3)CC2)c(C)c1. The van der Waals surface area contributed by atoms with Gasteiger partial charge in [-0.1, -0.05) is 47.0 Å². The Hall–Kier alpha value is -1.55. The maximum atomic E-state index is 12.6. The lowest BCUT2D eigenvalue weighted by atomic mass is 9.95. The van der Waals surface area contributed by atoms with Crippen molar-refractivity contribution in [3.05, 3.63) is 63.1 Å². The number of hydrogen-bond donors (Lipinski definition) is 1. The van der Waals surface area contributed by atoms with Crippen LogP contribution in [0.25, 0.3) is 0 Å². The fourth-order valence-corrected chi connectivity index (χ4v) is 3.76. The molecule has 1 aliphatic heterocycles. The maximum Gasteiger partial charge on any atom is 0.227 e. The first-order chi connectivity index (χ1) is 12.4. The van der Waals surface area contributed by atoms with Gasteiger partial charge in [0.2, 0.25) is 5.91 Å². The first-order valence-electron chi connectivity index (χ1n) is 8.97. The van der Waals surface area contributed by atoms with E-state index in [1.54, 1.807) is 0 Å². The van der Waals surface area contributed by atoms with Crippen molar-refractivity contribution < 1.29 is 4.79 Å². The molecule has 1 N–H and O–H groups in total. The lowest BCUT2D eigenvalue weighted by Crippen LogP contribution is -2.37. The van der Waals surface area contributed by atoms with Crippen molar-refractivity contribution in [1.82, 2.24) is 4.90 Å². The van der Waals surface area contributed by atoms with Gasteiger partial charge in [-0.2, -0.15) is 0 Å². The van der Waals surface area contributed by atoms with Crippen LogP contribution in [0, 0.1) is 19.8 Å². The van der Waals surface area contributed by atoms with Crippen molar-refractivity contribution >= 4 is 34.8 Å². The van der Waals surface area contributed by atoms with Crippen LogP contribution < -0.4 is 5.32 Å². The Morgan fingerprint density at radius 1 is 1.08 bits per heavy atom. The molecule has 1 amide bonds. The number of rotatable bonds is 4. The number of aryl methyl sites for hydroxylation is 2. The molecule has 0 spiro atoms. The normalized spacial score (nSPS) is 15.8. The van der Waals surface area contributed by atoms with Gasteiger partial charge >= 0.3 is 0 Å². The van der Waals surface area contributed by atoms with Crippen molar-refractivity contribution in [3.63, 3.8) is 0 Å². The molecular weight excluding hydrogens is 367 g/mol. The Kier molecular flexibility index (Phi) is 6.23. The molecule has 2 aromatic rings. The van der Waals surface area contributed by atoms with Crippen LogP contribution in [0.2, 0.25) is 10.0 Å². The van der Waals surface area contributed by atoms with Gasteiger partial charge in [-0.05, 0) is 69.1 Å². The Bertz CT molecular complexity index is 799. The van der Waals surface area contributed by atoms with Gasteiger partial charge in [0, 0.05) is 18.2 Å². The van der Waals surface area contributed by atoms with E-state index in [2.05, 4.69) is 23.2 Å². The van der Waals surface area contributed by atoms with E-state index in [1.165, 1.54) is 5.56 Å². The summed E-state index contributed by atoms with van der Waals surface area (Å²) in [5, 5.41) is 4.27. The van der Waals surface area contributed by atoms with E-state index in [1.807, 2.05) is 37.3 Å². The van der Waals surface area contributed by atoms with E-state index >= 15 is 0 Å². The van der Waals surface area contributed by atoms with Crippen molar-refractivity contribution in [2.75, 3.05) is 18.4 Å². The van der Waals surface area contributed by atoms with Gasteiger partial charge in [0.05, 0.1) is 10.0 Å². The van der Waals surface area contributed by atoms with Gasteiger partial charge in [-0.3, -0.25) is 9.69 Å². The number of carbonyl (C=O) groups excluding carboxylic acids is 1. The van der Waals surface area contributed by atoms with Gasteiger partial charge in [-0.25, -0.2) is 0 Å². The zero-order valence-electron chi connectivity index (χ0n) is 15.2. The monoisotopic (exact) mass is 390 g/mol. The van der Waals surface area contributed by atoms with Crippen LogP contribution in [-0.2, 0) is 11.3 Å². The third-order valence-corrected chi connectivity index (χ3v) is 5.73. The predicted octanol–water partition coefficient (Wildman–Crippen LogP) is 5.46. The number of piperidine rings is 1. The lowest BCUT2D eigenvalue weighted by molar-refractivity contribution is -0.121. The van der Waals surface area contributed by atoms with Gasteiger partial charge in [0.15, 0.2) is 0 Å². The molecule has 0 atom stereocenters. The summed E-state index contributed by atoms with van der Waals surface area (Å²) in [6, 6.07) is 11.9. The molecule has 138 valence electrons. The highest BCUT2D eigenvalue weighted by molar-refractivity contribution is 6.42. The topological polar surface area (TPSA) is 32.3 Å². The number of anilines is 1. The molecule has 1 saturated heterocycles. The summed E-state index contributed by atoms with van der Waals surface area (Å²) >= 11 is 12.1. The summed E-state index contributed by atoms with van der Waals surface area (Å²) in [7, 11) is 0. The van der Waals surface area contributed by atoms with Crippen LogP contribution in [0.5, 0.6) is 0 Å². The Labute approximate surface area is 165 Å². The molecule has 1 aliphatic rings. The van der Waals surface area contributed by atoms with Gasteiger partial charge in [-0.15, -0.1) is 0 Å². The van der Waals surface area contributed by atoms with Crippen molar-refractivity contribution in [3.8, 4) is 0 Å². The summed E-state index contributed by atoms with van der Waals surface area (Å²) in [5.74, 6) is 0.201. The second-order valence-electron chi connectivity index (χ2n) is 7.11. The Morgan fingerprint density at radius 3 is 2.46 bits per heavy atom. The third-order valence-electron chi connectivity index (χ3n) is 4.99. The quantitative estimate of drug-likeness (QED) is 0.751. The van der Waals surface area contributed by atoms with Crippen LogP contribution in [0.4, 0.5) is 5.69 Å². The molecule has 0 radical (unpaired) electrons. The number of likely N-dealkylation sites (tertiary alicyclic amines) is 1. The summed E-state index contributed by atoms with van der Waals surface area (Å²) in [6.07, 6.45) is 1.75. The van der Waals surface area contributed by atoms with Crippen molar-refractivity contribution in [2.45, 2.75) is 33.2 Å². The van der Waals surface area contributed by atoms with Crippen molar-refractivity contribution in [2.24, 2.45) is 5.92 Å². The number of halogens is 2. The number of carbonyl (C=O) groups is 1. The smallest absolute Gasteiger partial charge is 0.227 e. The van der Waals surface area contributed by atoms with Crippen molar-refractivity contribution in [1.29, 1.82) is 0 Å². The maximum absolute atomic E-state index is 12.6. The molecule has 0 unspecified atom stereocenters. The summed E-state index contributed by atoms with van der Waals surface area (Å²) in [5.41, 5.74) is 4.38. The minimum absolute atomic E-state index is 0.0701. The van der Waals surface area contributed by atoms with E-state index in [0.29, 0.717) is 10.0 Å². The minimum atomic E-state index is 0.0701. The summed E-state index contributed by atoms with van der Waals surface area (Å²) in [6.45, 7) is 6.74. The van der Waals surface area contributed by atoms with E-state index in [0.717, 1.165) is 49.3 Å². The highest BCUT2D eigenvalue weighted by atomic mass is 35.5. The molecule has 2 aromatic carbocycles. The van der Waals surface area contributed by atoms with Gasteiger partial charge < -0.3 is 5.32 Å². The molecule has 0 aliphatic carbocycles. The molecule has 0 aromatic heterocycles. The average molecular weight is 391 g/mol. The molecule has 1 fully saturated rings. The zero-order chi connectivity index (χ0) is 18.7. The predicted molar refractivity (Wildman–Crippen MR) is 109 cm³/mol. The summed E-state index contributed by atoms with van der Waals surface area (Å²) in [4.78, 5) is 15.0. The molecule has 0 saturated carbocycles. The third kappa shape index (κ3) is 4.79. The number of nitrogens with one attached hydrogen (secondary N) is 1. The standard InChI is InChI=1S/C21H24Cl2N2O/c1-14-3-6-20(15(2)11-14)24-21(26)17-7-9-25(10-8-17)13-16-4-5-18(22)19(23)12-16/h3-6,11-12,17H,7-10,13H2,1-2H3,(H,24,26). The van der Waals surface area contributed by atoms with Crippen LogP contribution in [0.15, 0.2) is 36.4 Å². The zero-order valence-corrected chi connectivity index (χ0v) is 16.7. The highest BCUT2D eigenvalue weighted by Crippen LogP contribution is 2.26. The second-order valence-corrected chi connectivity index (χ2v) is 7.92. The van der Waals surface area contributed by atoms with Crippen LogP contribution in [0.1, 0.15) is 29.5 Å². The first-order valence-corrected chi connectivity index (χ1v) is 9.72. The lowest BCUT2D eigenvalue weighted by Gasteiger charge is -2.31.